The van der Waals surface area contributed by atoms with Gasteiger partial charge in [-0.05, 0) is 0 Å². The summed E-state index contributed by atoms with van der Waals surface area (Å²) in [5.41, 5.74) is 0. The molecule has 2 heterocycles. The highest BCUT2D eigenvalue weighted by atomic mass is 32.1. The maximum absolute atomic E-state index is 13.4. The van der Waals surface area contributed by atoms with Gasteiger partial charge in [-0.3, -0.25) is 0 Å². The minimum absolute atomic E-state index is 0.0371. The smallest absolute Gasteiger partial charge is 0.460 e. The molecule has 0 saturated heterocycles. The Hall–Kier alpha value is -1.86. The van der Waals surface area contributed by atoms with Gasteiger partial charge in [0.25, 0.3) is 0 Å². The van der Waals surface area contributed by atoms with Crippen molar-refractivity contribution in [3.05, 3.63) is 10.8 Å². The largest absolute Gasteiger partial charge is 0.489 e. The maximum Gasteiger partial charge on any atom is 0.460 e. The van der Waals surface area contributed by atoms with Crippen LogP contribution in [0.2, 0.25) is 0 Å². The van der Waals surface area contributed by atoms with Gasteiger partial charge in [0.2, 0.25) is 0 Å². The van der Waals surface area contributed by atoms with Crippen molar-refractivity contribution in [3.8, 4) is 11.5 Å². The molecule has 2 rings (SSSR count). The van der Waals surface area contributed by atoms with Crippen LogP contribution in [0.25, 0.3) is 0 Å². The SMILES string of the molecule is O=C(OCC1CCOc2cscc2O1)C(F)(F)C(F)(F)C(F)(F)C(F)(F)F. The average molecular weight is 432 g/mol. The lowest BCUT2D eigenvalue weighted by molar-refractivity contribution is -0.390. The van der Waals surface area contributed by atoms with Crippen LogP contribution in [0.1, 0.15) is 6.42 Å². The van der Waals surface area contributed by atoms with Crippen LogP contribution in [-0.2, 0) is 9.53 Å². The predicted octanol–water partition coefficient (Wildman–Crippen LogP) is 4.29. The first kappa shape index (κ1) is 21.4. The molecule has 0 saturated carbocycles. The number of hydrogen-bond acceptors (Lipinski definition) is 5. The number of carbonyl (C=O) groups excluding carboxylic acids is 1. The molecule has 0 spiro atoms. The second-order valence-electron chi connectivity index (χ2n) is 5.30. The molecule has 27 heavy (non-hydrogen) atoms. The molecule has 0 bridgehead atoms. The van der Waals surface area contributed by atoms with Crippen LogP contribution in [0.4, 0.5) is 39.5 Å². The number of esters is 1. The number of thiophene rings is 1. The minimum Gasteiger partial charge on any atom is -0.489 e. The summed E-state index contributed by atoms with van der Waals surface area (Å²) in [4.78, 5) is 11.2. The minimum atomic E-state index is -7.17. The number of fused-ring (bicyclic) bond motifs is 1. The van der Waals surface area contributed by atoms with Crippen molar-refractivity contribution in [3.63, 3.8) is 0 Å². The molecule has 1 atom stereocenters. The third-order valence-corrected chi connectivity index (χ3v) is 4.09. The van der Waals surface area contributed by atoms with Crippen molar-refractivity contribution >= 4 is 17.3 Å². The summed E-state index contributed by atoms with van der Waals surface area (Å²) in [5, 5.41) is 2.96. The fraction of sp³-hybridized carbons (Fsp3) is 0.615. The Morgan fingerprint density at radius 2 is 1.63 bits per heavy atom. The molecular formula is C13H9F9O4S. The first-order valence-corrected chi connectivity index (χ1v) is 7.89. The van der Waals surface area contributed by atoms with Gasteiger partial charge in [0, 0.05) is 17.2 Å². The molecule has 14 heteroatoms. The molecule has 1 unspecified atom stereocenters. The van der Waals surface area contributed by atoms with Gasteiger partial charge in [0.05, 0.1) is 6.61 Å². The van der Waals surface area contributed by atoms with E-state index in [0.29, 0.717) is 0 Å². The first-order chi connectivity index (χ1) is 12.2. The van der Waals surface area contributed by atoms with Crippen LogP contribution in [0, 0.1) is 0 Å². The Kier molecular flexibility index (Phi) is 5.52. The van der Waals surface area contributed by atoms with E-state index in [2.05, 4.69) is 4.74 Å². The number of alkyl halides is 9. The zero-order chi connectivity index (χ0) is 20.7. The van der Waals surface area contributed by atoms with Crippen molar-refractivity contribution < 1.29 is 58.5 Å². The molecule has 0 N–H and O–H groups in total. The molecule has 0 amide bonds. The second-order valence-corrected chi connectivity index (χ2v) is 6.04. The van der Waals surface area contributed by atoms with Crippen molar-refractivity contribution in [1.82, 2.24) is 0 Å². The topological polar surface area (TPSA) is 44.8 Å². The summed E-state index contributed by atoms with van der Waals surface area (Å²) < 4.78 is 129. The number of carbonyl (C=O) groups is 1. The van der Waals surface area contributed by atoms with E-state index in [0.717, 1.165) is 11.3 Å². The van der Waals surface area contributed by atoms with Gasteiger partial charge in [0.15, 0.2) is 11.5 Å². The van der Waals surface area contributed by atoms with Crippen LogP contribution in [0.3, 0.4) is 0 Å². The molecular weight excluding hydrogens is 423 g/mol. The zero-order valence-electron chi connectivity index (χ0n) is 12.8. The fourth-order valence-electron chi connectivity index (χ4n) is 1.88. The molecule has 0 radical (unpaired) electrons. The van der Waals surface area contributed by atoms with E-state index in [4.69, 9.17) is 9.47 Å². The van der Waals surface area contributed by atoms with Gasteiger partial charge in [-0.25, -0.2) is 4.79 Å². The molecule has 1 aromatic heterocycles. The van der Waals surface area contributed by atoms with E-state index >= 15 is 0 Å². The van der Waals surface area contributed by atoms with E-state index in [1.54, 1.807) is 0 Å². The summed E-state index contributed by atoms with van der Waals surface area (Å²) in [7, 11) is 0. The van der Waals surface area contributed by atoms with Crippen LogP contribution < -0.4 is 9.47 Å². The summed E-state index contributed by atoms with van der Waals surface area (Å²) in [6.07, 6.45) is -8.25. The molecule has 0 aromatic carbocycles. The lowest BCUT2D eigenvalue weighted by atomic mass is 10.0. The van der Waals surface area contributed by atoms with E-state index in [1.165, 1.54) is 10.8 Å². The van der Waals surface area contributed by atoms with Crippen LogP contribution in [0.5, 0.6) is 11.5 Å². The second kappa shape index (κ2) is 6.95. The number of hydrogen-bond donors (Lipinski definition) is 0. The van der Waals surface area contributed by atoms with Crippen molar-refractivity contribution in [2.75, 3.05) is 13.2 Å². The van der Waals surface area contributed by atoms with Crippen LogP contribution in [0.15, 0.2) is 10.8 Å². The molecule has 0 aliphatic carbocycles. The quantitative estimate of drug-likeness (QED) is 0.515. The lowest BCUT2D eigenvalue weighted by Gasteiger charge is -2.32. The predicted molar refractivity (Wildman–Crippen MR) is 70.7 cm³/mol. The van der Waals surface area contributed by atoms with Gasteiger partial charge in [0.1, 0.15) is 12.7 Å². The number of ether oxygens (including phenoxy) is 3. The summed E-state index contributed by atoms with van der Waals surface area (Å²) in [6.45, 7) is -1.13. The molecule has 1 aliphatic heterocycles. The first-order valence-electron chi connectivity index (χ1n) is 6.95. The van der Waals surface area contributed by atoms with Crippen LogP contribution >= 0.6 is 11.3 Å². The molecule has 1 aliphatic rings. The van der Waals surface area contributed by atoms with E-state index in [-0.39, 0.29) is 24.5 Å². The maximum atomic E-state index is 13.4. The summed E-state index contributed by atoms with van der Waals surface area (Å²) in [6, 6.07) is 0. The lowest BCUT2D eigenvalue weighted by Crippen LogP contribution is -2.63. The highest BCUT2D eigenvalue weighted by Gasteiger charge is 2.84. The Balaban J connectivity index is 2.08. The zero-order valence-corrected chi connectivity index (χ0v) is 13.6. The normalized spacial score (nSPS) is 18.8. The summed E-state index contributed by atoms with van der Waals surface area (Å²) >= 11 is 1.14. The molecule has 154 valence electrons. The molecule has 0 fully saturated rings. The Labute approximate surface area is 148 Å². The third kappa shape index (κ3) is 3.75. The Morgan fingerprint density at radius 1 is 1.04 bits per heavy atom. The highest BCUT2D eigenvalue weighted by molar-refractivity contribution is 7.08. The Bertz CT molecular complexity index is 686. The molecule has 1 aromatic rings. The van der Waals surface area contributed by atoms with E-state index in [1.807, 2.05) is 0 Å². The van der Waals surface area contributed by atoms with Gasteiger partial charge >= 0.3 is 29.9 Å². The van der Waals surface area contributed by atoms with E-state index in [9.17, 15) is 44.3 Å². The van der Waals surface area contributed by atoms with Crippen molar-refractivity contribution in [2.45, 2.75) is 36.5 Å². The molecule has 4 nitrogen and oxygen atoms in total. The van der Waals surface area contributed by atoms with Crippen LogP contribution in [-0.4, -0.2) is 49.2 Å². The van der Waals surface area contributed by atoms with Gasteiger partial charge < -0.3 is 14.2 Å². The van der Waals surface area contributed by atoms with Crippen molar-refractivity contribution in [2.24, 2.45) is 0 Å². The van der Waals surface area contributed by atoms with Crippen molar-refractivity contribution in [1.29, 1.82) is 0 Å². The van der Waals surface area contributed by atoms with E-state index < -0.39 is 42.6 Å². The Morgan fingerprint density at radius 3 is 2.22 bits per heavy atom. The van der Waals surface area contributed by atoms with Gasteiger partial charge in [-0.15, -0.1) is 11.3 Å². The summed E-state index contributed by atoms with van der Waals surface area (Å²) in [5.74, 6) is -23.5. The van der Waals surface area contributed by atoms with Gasteiger partial charge in [-0.1, -0.05) is 0 Å². The highest BCUT2D eigenvalue weighted by Crippen LogP contribution is 2.53. The standard InChI is InChI=1S/C13H9F9O4S/c14-10(15,11(16,17)12(18,19)13(20,21)22)9(23)25-3-6-1-2-24-7-4-27-5-8(7)26-6/h4-6H,1-3H2. The third-order valence-electron chi connectivity index (χ3n) is 3.39. The number of rotatable bonds is 5. The van der Waals surface area contributed by atoms with Gasteiger partial charge in [-0.2, -0.15) is 39.5 Å². The number of halogens is 9. The monoisotopic (exact) mass is 432 g/mol. The fourth-order valence-corrected chi connectivity index (χ4v) is 2.55. The average Bonchev–Trinajstić information content (AvgIpc) is 2.88.